The van der Waals surface area contributed by atoms with Crippen molar-refractivity contribution < 1.29 is 4.21 Å². The van der Waals surface area contributed by atoms with E-state index in [2.05, 4.69) is 12.2 Å². The van der Waals surface area contributed by atoms with E-state index in [0.29, 0.717) is 6.04 Å². The SMILES string of the molecule is CNC(C)CCCS(=O)c1cccs1. The third-order valence-corrected chi connectivity index (χ3v) is 4.93. The second kappa shape index (κ2) is 6.32. The van der Waals surface area contributed by atoms with E-state index in [4.69, 9.17) is 0 Å². The Labute approximate surface area is 92.2 Å². The van der Waals surface area contributed by atoms with Crippen molar-refractivity contribution in [3.63, 3.8) is 0 Å². The van der Waals surface area contributed by atoms with Crippen LogP contribution >= 0.6 is 11.3 Å². The molecule has 1 aromatic rings. The molecule has 0 saturated heterocycles. The van der Waals surface area contributed by atoms with Crippen LogP contribution in [0.4, 0.5) is 0 Å². The second-order valence-corrected chi connectivity index (χ2v) is 6.06. The Morgan fingerprint density at radius 3 is 3.00 bits per heavy atom. The number of hydrogen-bond donors (Lipinski definition) is 1. The van der Waals surface area contributed by atoms with E-state index in [-0.39, 0.29) is 0 Å². The fourth-order valence-electron chi connectivity index (χ4n) is 1.16. The molecule has 0 aliphatic rings. The van der Waals surface area contributed by atoms with Crippen LogP contribution in [0, 0.1) is 0 Å². The van der Waals surface area contributed by atoms with Crippen molar-refractivity contribution in [3.8, 4) is 0 Å². The van der Waals surface area contributed by atoms with Gasteiger partial charge in [0.2, 0.25) is 0 Å². The summed E-state index contributed by atoms with van der Waals surface area (Å²) >= 11 is 1.58. The van der Waals surface area contributed by atoms with Gasteiger partial charge in [-0.05, 0) is 38.3 Å². The van der Waals surface area contributed by atoms with Crippen LogP contribution in [-0.4, -0.2) is 23.1 Å². The van der Waals surface area contributed by atoms with Gasteiger partial charge in [0.15, 0.2) is 0 Å². The first-order valence-electron chi connectivity index (χ1n) is 4.83. The maximum Gasteiger partial charge on any atom is 0.0910 e. The normalized spacial score (nSPS) is 15.3. The highest BCUT2D eigenvalue weighted by Gasteiger charge is 2.05. The van der Waals surface area contributed by atoms with Gasteiger partial charge in [-0.2, -0.15) is 0 Å². The fourth-order valence-corrected chi connectivity index (χ4v) is 3.31. The van der Waals surface area contributed by atoms with E-state index in [1.807, 2.05) is 24.6 Å². The van der Waals surface area contributed by atoms with Crippen LogP contribution in [0.3, 0.4) is 0 Å². The Bertz CT molecular complexity index is 272. The second-order valence-electron chi connectivity index (χ2n) is 3.31. The van der Waals surface area contributed by atoms with Crippen LogP contribution in [0.1, 0.15) is 19.8 Å². The van der Waals surface area contributed by atoms with Gasteiger partial charge in [0.1, 0.15) is 0 Å². The highest BCUT2D eigenvalue weighted by atomic mass is 32.2. The van der Waals surface area contributed by atoms with Crippen molar-refractivity contribution in [2.45, 2.75) is 30.0 Å². The van der Waals surface area contributed by atoms with E-state index in [0.717, 1.165) is 22.8 Å². The molecule has 0 aliphatic carbocycles. The standard InChI is InChI=1S/C10H17NOS2/c1-9(11-2)5-4-8-14(12)10-6-3-7-13-10/h3,6-7,9,11H,4-5,8H2,1-2H3. The predicted octanol–water partition coefficient (Wildman–Crippen LogP) is 2.24. The largest absolute Gasteiger partial charge is 0.317 e. The smallest absolute Gasteiger partial charge is 0.0910 e. The summed E-state index contributed by atoms with van der Waals surface area (Å²) in [7, 11) is 1.18. The van der Waals surface area contributed by atoms with Gasteiger partial charge in [0.25, 0.3) is 0 Å². The summed E-state index contributed by atoms with van der Waals surface area (Å²) in [6.07, 6.45) is 2.11. The van der Waals surface area contributed by atoms with Crippen LogP contribution in [0.15, 0.2) is 21.7 Å². The summed E-state index contributed by atoms with van der Waals surface area (Å²) in [5.74, 6) is 0.784. The lowest BCUT2D eigenvalue weighted by molar-refractivity contribution is 0.557. The van der Waals surface area contributed by atoms with Crippen molar-refractivity contribution in [1.82, 2.24) is 5.32 Å². The molecule has 0 aromatic carbocycles. The summed E-state index contributed by atoms with van der Waals surface area (Å²) in [6, 6.07) is 4.42. The average molecular weight is 231 g/mol. The van der Waals surface area contributed by atoms with E-state index in [1.165, 1.54) is 0 Å². The molecule has 0 amide bonds. The zero-order valence-electron chi connectivity index (χ0n) is 8.66. The maximum absolute atomic E-state index is 11.7. The summed E-state index contributed by atoms with van der Waals surface area (Å²) in [5, 5.41) is 5.15. The molecule has 2 unspecified atom stereocenters. The van der Waals surface area contributed by atoms with Crippen molar-refractivity contribution in [2.75, 3.05) is 12.8 Å². The van der Waals surface area contributed by atoms with Crippen LogP contribution < -0.4 is 5.32 Å². The molecular weight excluding hydrogens is 214 g/mol. The van der Waals surface area contributed by atoms with Crippen molar-refractivity contribution >= 4 is 22.1 Å². The zero-order chi connectivity index (χ0) is 10.4. The Kier molecular flexibility index (Phi) is 5.37. The molecule has 0 saturated carbocycles. The number of thiophene rings is 1. The average Bonchev–Trinajstić information content (AvgIpc) is 2.70. The first kappa shape index (κ1) is 11.9. The lowest BCUT2D eigenvalue weighted by Gasteiger charge is -2.08. The van der Waals surface area contributed by atoms with E-state index >= 15 is 0 Å². The van der Waals surface area contributed by atoms with Gasteiger partial charge in [-0.1, -0.05) is 6.07 Å². The first-order chi connectivity index (χ1) is 6.74. The third-order valence-electron chi connectivity index (χ3n) is 2.18. The van der Waals surface area contributed by atoms with E-state index < -0.39 is 10.8 Å². The van der Waals surface area contributed by atoms with Crippen molar-refractivity contribution in [2.24, 2.45) is 0 Å². The summed E-state index contributed by atoms with van der Waals surface area (Å²) in [4.78, 5) is 0. The minimum absolute atomic E-state index is 0.523. The van der Waals surface area contributed by atoms with Gasteiger partial charge in [-0.3, -0.25) is 4.21 Å². The molecule has 2 nitrogen and oxygen atoms in total. The van der Waals surface area contributed by atoms with E-state index in [1.54, 1.807) is 11.3 Å². The molecule has 0 bridgehead atoms. The minimum Gasteiger partial charge on any atom is -0.317 e. The highest BCUT2D eigenvalue weighted by Crippen LogP contribution is 2.15. The quantitative estimate of drug-likeness (QED) is 0.813. The fraction of sp³-hybridized carbons (Fsp3) is 0.600. The van der Waals surface area contributed by atoms with Crippen molar-refractivity contribution in [1.29, 1.82) is 0 Å². The summed E-state index contributed by atoms with van der Waals surface area (Å²) in [5.41, 5.74) is 0. The monoisotopic (exact) mass is 231 g/mol. The molecule has 4 heteroatoms. The molecule has 80 valence electrons. The summed E-state index contributed by atoms with van der Waals surface area (Å²) in [6.45, 7) is 2.15. The molecule has 0 fully saturated rings. The molecule has 1 heterocycles. The third kappa shape index (κ3) is 3.90. The lowest BCUT2D eigenvalue weighted by Crippen LogP contribution is -2.21. The molecular formula is C10H17NOS2. The van der Waals surface area contributed by atoms with Crippen LogP contribution in [-0.2, 0) is 10.8 Å². The van der Waals surface area contributed by atoms with Gasteiger partial charge in [-0.15, -0.1) is 11.3 Å². The molecule has 1 aromatic heterocycles. The molecule has 2 atom stereocenters. The van der Waals surface area contributed by atoms with Crippen LogP contribution in [0.5, 0.6) is 0 Å². The minimum atomic E-state index is -0.780. The summed E-state index contributed by atoms with van der Waals surface area (Å²) < 4.78 is 12.7. The van der Waals surface area contributed by atoms with Crippen LogP contribution in [0.2, 0.25) is 0 Å². The van der Waals surface area contributed by atoms with Gasteiger partial charge in [-0.25, -0.2) is 0 Å². The lowest BCUT2D eigenvalue weighted by atomic mass is 10.2. The van der Waals surface area contributed by atoms with Crippen molar-refractivity contribution in [3.05, 3.63) is 17.5 Å². The van der Waals surface area contributed by atoms with Gasteiger partial charge in [0.05, 0.1) is 15.0 Å². The Hall–Kier alpha value is -0.190. The van der Waals surface area contributed by atoms with E-state index in [9.17, 15) is 4.21 Å². The Morgan fingerprint density at radius 1 is 1.64 bits per heavy atom. The number of nitrogens with one attached hydrogen (secondary N) is 1. The Balaban J connectivity index is 2.23. The van der Waals surface area contributed by atoms with Gasteiger partial charge in [0, 0.05) is 11.8 Å². The predicted molar refractivity (Wildman–Crippen MR) is 63.4 cm³/mol. The highest BCUT2D eigenvalue weighted by molar-refractivity contribution is 7.87. The maximum atomic E-state index is 11.7. The van der Waals surface area contributed by atoms with Gasteiger partial charge >= 0.3 is 0 Å². The molecule has 0 radical (unpaired) electrons. The van der Waals surface area contributed by atoms with Gasteiger partial charge < -0.3 is 5.32 Å². The topological polar surface area (TPSA) is 29.1 Å². The number of rotatable bonds is 6. The molecule has 0 spiro atoms. The molecule has 14 heavy (non-hydrogen) atoms. The zero-order valence-corrected chi connectivity index (χ0v) is 10.3. The molecule has 0 aliphatic heterocycles. The van der Waals surface area contributed by atoms with Crippen LogP contribution in [0.25, 0.3) is 0 Å². The molecule has 1 rings (SSSR count). The Morgan fingerprint density at radius 2 is 2.43 bits per heavy atom. The molecule has 1 N–H and O–H groups in total. The first-order valence-corrected chi connectivity index (χ1v) is 7.03. The number of hydrogen-bond acceptors (Lipinski definition) is 3.